The molecule has 0 radical (unpaired) electrons. The molecule has 0 aliphatic rings. The van der Waals surface area contributed by atoms with E-state index in [4.69, 9.17) is 15.2 Å². The summed E-state index contributed by atoms with van der Waals surface area (Å²) < 4.78 is 10.1. The van der Waals surface area contributed by atoms with Crippen LogP contribution in [-0.2, 0) is 9.53 Å². The maximum absolute atomic E-state index is 11.8. The third-order valence-electron chi connectivity index (χ3n) is 2.90. The number of nitrogens with two attached hydrogens (primary N) is 1. The minimum atomic E-state index is -0.645. The van der Waals surface area contributed by atoms with Gasteiger partial charge in [-0.1, -0.05) is 24.3 Å². The molecule has 0 atom stereocenters. The second kappa shape index (κ2) is 7.12. The summed E-state index contributed by atoms with van der Waals surface area (Å²) in [5.74, 6) is -0.588. The fourth-order valence-corrected chi connectivity index (χ4v) is 1.83. The van der Waals surface area contributed by atoms with Crippen LogP contribution in [0.5, 0.6) is 5.75 Å². The smallest absolute Gasteiger partial charge is 0.340 e. The van der Waals surface area contributed by atoms with Crippen molar-refractivity contribution in [2.24, 2.45) is 0 Å². The monoisotopic (exact) mass is 300 g/mol. The Hall–Kier alpha value is -3.02. The fraction of sp³-hybridized carbons (Fsp3) is 0.125. The number of esters is 1. The van der Waals surface area contributed by atoms with E-state index in [2.05, 4.69) is 5.32 Å². The van der Waals surface area contributed by atoms with E-state index >= 15 is 0 Å². The lowest BCUT2D eigenvalue weighted by Crippen LogP contribution is -2.21. The normalized spacial score (nSPS) is 9.86. The third kappa shape index (κ3) is 3.76. The predicted molar refractivity (Wildman–Crippen MR) is 82.8 cm³/mol. The van der Waals surface area contributed by atoms with E-state index in [1.807, 2.05) is 0 Å². The number of anilines is 2. The molecule has 1 amide bonds. The average molecular weight is 300 g/mol. The van der Waals surface area contributed by atoms with Gasteiger partial charge in [0.2, 0.25) is 0 Å². The number of para-hydroxylation sites is 3. The molecule has 6 heteroatoms. The molecule has 0 aliphatic heterocycles. The van der Waals surface area contributed by atoms with Gasteiger partial charge in [-0.3, -0.25) is 4.79 Å². The average Bonchev–Trinajstić information content (AvgIpc) is 2.53. The molecule has 22 heavy (non-hydrogen) atoms. The zero-order valence-corrected chi connectivity index (χ0v) is 12.0. The number of nitrogen functional groups attached to an aromatic ring is 1. The number of nitrogens with one attached hydrogen (secondary N) is 1. The topological polar surface area (TPSA) is 90.6 Å². The van der Waals surface area contributed by atoms with Crippen LogP contribution in [0.1, 0.15) is 10.4 Å². The molecule has 114 valence electrons. The van der Waals surface area contributed by atoms with E-state index in [1.54, 1.807) is 42.5 Å². The molecule has 0 fully saturated rings. The Bertz CT molecular complexity index is 685. The number of methoxy groups -OCH3 is 1. The molecule has 0 aliphatic carbocycles. The van der Waals surface area contributed by atoms with E-state index in [0.29, 0.717) is 17.1 Å². The Morgan fingerprint density at radius 3 is 2.50 bits per heavy atom. The number of rotatable bonds is 5. The van der Waals surface area contributed by atoms with Gasteiger partial charge in [-0.2, -0.15) is 0 Å². The molecular weight excluding hydrogens is 284 g/mol. The quantitative estimate of drug-likeness (QED) is 0.651. The van der Waals surface area contributed by atoms with Crippen molar-refractivity contribution in [2.45, 2.75) is 0 Å². The second-order valence-electron chi connectivity index (χ2n) is 4.41. The van der Waals surface area contributed by atoms with E-state index < -0.39 is 18.5 Å². The Labute approximate surface area is 127 Å². The van der Waals surface area contributed by atoms with Gasteiger partial charge in [-0.05, 0) is 24.3 Å². The standard InChI is InChI=1S/C16H16N2O4/c1-21-14-9-5-4-8-13(14)18-15(19)10-22-16(20)11-6-2-3-7-12(11)17/h2-9H,10,17H2,1H3,(H,18,19). The molecule has 0 aromatic heterocycles. The number of ether oxygens (including phenoxy) is 2. The zero-order chi connectivity index (χ0) is 15.9. The lowest BCUT2D eigenvalue weighted by molar-refractivity contribution is -0.119. The first-order valence-electron chi connectivity index (χ1n) is 6.56. The van der Waals surface area contributed by atoms with Gasteiger partial charge >= 0.3 is 5.97 Å². The summed E-state index contributed by atoms with van der Waals surface area (Å²) in [5, 5.41) is 2.61. The molecule has 0 spiro atoms. The number of carbonyl (C=O) groups is 2. The van der Waals surface area contributed by atoms with E-state index in [9.17, 15) is 9.59 Å². The van der Waals surface area contributed by atoms with Crippen molar-refractivity contribution in [3.63, 3.8) is 0 Å². The van der Waals surface area contributed by atoms with Crippen molar-refractivity contribution in [3.8, 4) is 5.75 Å². The largest absolute Gasteiger partial charge is 0.495 e. The maximum atomic E-state index is 11.8. The first kappa shape index (κ1) is 15.4. The molecule has 3 N–H and O–H groups in total. The minimum absolute atomic E-state index is 0.229. The molecule has 2 aromatic rings. The van der Waals surface area contributed by atoms with Crippen LogP contribution in [-0.4, -0.2) is 25.6 Å². The SMILES string of the molecule is COc1ccccc1NC(=O)COC(=O)c1ccccc1N. The zero-order valence-electron chi connectivity index (χ0n) is 12.0. The summed E-state index contributed by atoms with van der Waals surface area (Å²) in [7, 11) is 1.50. The summed E-state index contributed by atoms with van der Waals surface area (Å²) in [5.41, 5.74) is 6.71. The highest BCUT2D eigenvalue weighted by Crippen LogP contribution is 2.22. The number of carbonyl (C=O) groups excluding carboxylic acids is 2. The van der Waals surface area contributed by atoms with Crippen molar-refractivity contribution in [3.05, 3.63) is 54.1 Å². The van der Waals surface area contributed by atoms with Crippen molar-refractivity contribution in [1.82, 2.24) is 0 Å². The summed E-state index contributed by atoms with van der Waals surface area (Å²) in [6, 6.07) is 13.4. The van der Waals surface area contributed by atoms with Gasteiger partial charge in [0.05, 0.1) is 18.4 Å². The van der Waals surface area contributed by atoms with Crippen LogP contribution < -0.4 is 15.8 Å². The summed E-state index contributed by atoms with van der Waals surface area (Å²) in [4.78, 5) is 23.7. The van der Waals surface area contributed by atoms with Gasteiger partial charge in [0.15, 0.2) is 6.61 Å². The van der Waals surface area contributed by atoms with Crippen LogP contribution in [0.3, 0.4) is 0 Å². The van der Waals surface area contributed by atoms with Gasteiger partial charge in [-0.25, -0.2) is 4.79 Å². The molecule has 6 nitrogen and oxygen atoms in total. The van der Waals surface area contributed by atoms with Crippen molar-refractivity contribution < 1.29 is 19.1 Å². The number of hydrogen-bond donors (Lipinski definition) is 2. The number of hydrogen-bond acceptors (Lipinski definition) is 5. The van der Waals surface area contributed by atoms with E-state index in [-0.39, 0.29) is 5.56 Å². The van der Waals surface area contributed by atoms with Gasteiger partial charge < -0.3 is 20.5 Å². The van der Waals surface area contributed by atoms with Crippen LogP contribution in [0.4, 0.5) is 11.4 Å². The summed E-state index contributed by atoms with van der Waals surface area (Å²) in [6.07, 6.45) is 0. The van der Waals surface area contributed by atoms with Crippen LogP contribution in [0.15, 0.2) is 48.5 Å². The Morgan fingerprint density at radius 2 is 1.77 bits per heavy atom. The predicted octanol–water partition coefficient (Wildman–Crippen LogP) is 2.07. The number of benzene rings is 2. The van der Waals surface area contributed by atoms with E-state index in [0.717, 1.165) is 0 Å². The lowest BCUT2D eigenvalue weighted by atomic mass is 10.2. The molecule has 2 rings (SSSR count). The highest BCUT2D eigenvalue weighted by Gasteiger charge is 2.13. The van der Waals surface area contributed by atoms with Crippen LogP contribution in [0.25, 0.3) is 0 Å². The molecule has 0 bridgehead atoms. The number of amides is 1. The first-order chi connectivity index (χ1) is 10.6. The lowest BCUT2D eigenvalue weighted by Gasteiger charge is -2.10. The van der Waals surface area contributed by atoms with Gasteiger partial charge in [0.25, 0.3) is 5.91 Å². The maximum Gasteiger partial charge on any atom is 0.340 e. The van der Waals surface area contributed by atoms with Crippen molar-refractivity contribution in [2.75, 3.05) is 24.8 Å². The van der Waals surface area contributed by atoms with Crippen molar-refractivity contribution >= 4 is 23.3 Å². The molecular formula is C16H16N2O4. The molecule has 0 unspecified atom stereocenters. The highest BCUT2D eigenvalue weighted by atomic mass is 16.5. The molecule has 0 heterocycles. The highest BCUT2D eigenvalue weighted by molar-refractivity contribution is 5.98. The molecule has 0 saturated heterocycles. The summed E-state index contributed by atoms with van der Waals surface area (Å²) >= 11 is 0. The van der Waals surface area contributed by atoms with Crippen LogP contribution >= 0.6 is 0 Å². The fourth-order valence-electron chi connectivity index (χ4n) is 1.83. The Morgan fingerprint density at radius 1 is 1.09 bits per heavy atom. The van der Waals surface area contributed by atoms with Crippen LogP contribution in [0.2, 0.25) is 0 Å². The Balaban J connectivity index is 1.93. The van der Waals surface area contributed by atoms with Crippen LogP contribution in [0, 0.1) is 0 Å². The first-order valence-corrected chi connectivity index (χ1v) is 6.56. The van der Waals surface area contributed by atoms with Gasteiger partial charge in [0.1, 0.15) is 5.75 Å². The second-order valence-corrected chi connectivity index (χ2v) is 4.41. The Kier molecular flexibility index (Phi) is 4.98. The van der Waals surface area contributed by atoms with Crippen molar-refractivity contribution in [1.29, 1.82) is 0 Å². The third-order valence-corrected chi connectivity index (χ3v) is 2.90. The van der Waals surface area contributed by atoms with E-state index in [1.165, 1.54) is 13.2 Å². The minimum Gasteiger partial charge on any atom is -0.495 e. The summed E-state index contributed by atoms with van der Waals surface area (Å²) in [6.45, 7) is -0.411. The molecule has 0 saturated carbocycles. The van der Waals surface area contributed by atoms with Gasteiger partial charge in [-0.15, -0.1) is 0 Å². The van der Waals surface area contributed by atoms with Gasteiger partial charge in [0, 0.05) is 5.69 Å². The molecule has 2 aromatic carbocycles.